The second kappa shape index (κ2) is 5.61. The molecule has 2 atom stereocenters. The zero-order valence-corrected chi connectivity index (χ0v) is 9.90. The summed E-state index contributed by atoms with van der Waals surface area (Å²) < 4.78 is 5.28. The SMILES string of the molecule is CC(C)OCC(O)CC1(C(=O)O)CCNC1. The summed E-state index contributed by atoms with van der Waals surface area (Å²) in [6.45, 7) is 5.10. The van der Waals surface area contributed by atoms with Crippen LogP contribution in [0.25, 0.3) is 0 Å². The highest BCUT2D eigenvalue weighted by atomic mass is 16.5. The first-order chi connectivity index (χ1) is 7.46. The standard InChI is InChI=1S/C11H21NO4/c1-8(2)16-6-9(13)5-11(10(14)15)3-4-12-7-11/h8-9,12-13H,3-7H2,1-2H3,(H,14,15). The van der Waals surface area contributed by atoms with Crippen molar-refractivity contribution in [1.82, 2.24) is 5.32 Å². The summed E-state index contributed by atoms with van der Waals surface area (Å²) in [5.41, 5.74) is -0.820. The van der Waals surface area contributed by atoms with E-state index in [9.17, 15) is 15.0 Å². The minimum Gasteiger partial charge on any atom is -0.481 e. The molecule has 0 aliphatic carbocycles. The molecule has 0 amide bonds. The summed E-state index contributed by atoms with van der Waals surface area (Å²) in [5, 5.41) is 22.0. The van der Waals surface area contributed by atoms with Crippen molar-refractivity contribution >= 4 is 5.97 Å². The van der Waals surface area contributed by atoms with Crippen molar-refractivity contribution < 1.29 is 19.7 Å². The molecule has 5 heteroatoms. The summed E-state index contributed by atoms with van der Waals surface area (Å²) in [6, 6.07) is 0. The molecule has 1 rings (SSSR count). The van der Waals surface area contributed by atoms with Crippen LogP contribution >= 0.6 is 0 Å². The van der Waals surface area contributed by atoms with E-state index in [1.807, 2.05) is 13.8 Å². The molecule has 1 heterocycles. The van der Waals surface area contributed by atoms with Crippen LogP contribution in [0.15, 0.2) is 0 Å². The van der Waals surface area contributed by atoms with Gasteiger partial charge in [-0.15, -0.1) is 0 Å². The van der Waals surface area contributed by atoms with Crippen LogP contribution in [0.4, 0.5) is 0 Å². The van der Waals surface area contributed by atoms with Crippen molar-refractivity contribution in [3.8, 4) is 0 Å². The number of aliphatic hydroxyl groups is 1. The molecule has 0 spiro atoms. The molecular formula is C11H21NO4. The van der Waals surface area contributed by atoms with Gasteiger partial charge in [0, 0.05) is 6.54 Å². The Morgan fingerprint density at radius 2 is 2.25 bits per heavy atom. The number of carboxylic acids is 1. The number of rotatable bonds is 6. The van der Waals surface area contributed by atoms with Crippen LogP contribution in [-0.2, 0) is 9.53 Å². The number of aliphatic hydroxyl groups excluding tert-OH is 1. The van der Waals surface area contributed by atoms with Gasteiger partial charge in [-0.2, -0.15) is 0 Å². The maximum absolute atomic E-state index is 11.2. The molecule has 3 N–H and O–H groups in total. The summed E-state index contributed by atoms with van der Waals surface area (Å²) in [7, 11) is 0. The van der Waals surface area contributed by atoms with E-state index in [4.69, 9.17) is 4.74 Å². The quantitative estimate of drug-likeness (QED) is 0.609. The number of nitrogens with one attached hydrogen (secondary N) is 1. The van der Waals surface area contributed by atoms with E-state index in [0.29, 0.717) is 19.5 Å². The van der Waals surface area contributed by atoms with E-state index in [1.165, 1.54) is 0 Å². The molecule has 0 saturated carbocycles. The fourth-order valence-corrected chi connectivity index (χ4v) is 2.00. The maximum Gasteiger partial charge on any atom is 0.311 e. The minimum absolute atomic E-state index is 0.0529. The number of hydrogen-bond acceptors (Lipinski definition) is 4. The van der Waals surface area contributed by atoms with Gasteiger partial charge < -0.3 is 20.3 Å². The highest BCUT2D eigenvalue weighted by Gasteiger charge is 2.42. The van der Waals surface area contributed by atoms with Gasteiger partial charge in [0.2, 0.25) is 0 Å². The first-order valence-corrected chi connectivity index (χ1v) is 5.70. The van der Waals surface area contributed by atoms with Gasteiger partial charge in [-0.25, -0.2) is 0 Å². The van der Waals surface area contributed by atoms with Crippen molar-refractivity contribution in [2.24, 2.45) is 5.41 Å². The first kappa shape index (κ1) is 13.4. The number of ether oxygens (including phenoxy) is 1. The van der Waals surface area contributed by atoms with Crippen LogP contribution in [-0.4, -0.2) is 48.1 Å². The van der Waals surface area contributed by atoms with E-state index < -0.39 is 17.5 Å². The maximum atomic E-state index is 11.2. The number of hydrogen-bond donors (Lipinski definition) is 3. The second-order valence-corrected chi connectivity index (χ2v) is 4.75. The van der Waals surface area contributed by atoms with E-state index in [-0.39, 0.29) is 19.1 Å². The summed E-state index contributed by atoms with van der Waals surface area (Å²) in [6.07, 6.45) is 0.166. The molecule has 1 fully saturated rings. The van der Waals surface area contributed by atoms with Crippen LogP contribution in [0, 0.1) is 5.41 Å². The molecular weight excluding hydrogens is 210 g/mol. The fourth-order valence-electron chi connectivity index (χ4n) is 2.00. The lowest BCUT2D eigenvalue weighted by atomic mass is 9.81. The zero-order chi connectivity index (χ0) is 12.2. The first-order valence-electron chi connectivity index (χ1n) is 5.70. The van der Waals surface area contributed by atoms with Gasteiger partial charge in [-0.3, -0.25) is 4.79 Å². The topological polar surface area (TPSA) is 78.8 Å². The van der Waals surface area contributed by atoms with Crippen molar-refractivity contribution in [3.63, 3.8) is 0 Å². The predicted molar refractivity (Wildman–Crippen MR) is 59.3 cm³/mol. The third-order valence-electron chi connectivity index (χ3n) is 2.95. The largest absolute Gasteiger partial charge is 0.481 e. The highest BCUT2D eigenvalue weighted by molar-refractivity contribution is 5.75. The molecule has 1 aliphatic rings. The third kappa shape index (κ3) is 3.43. The van der Waals surface area contributed by atoms with Gasteiger partial charge in [-0.1, -0.05) is 0 Å². The molecule has 1 saturated heterocycles. The summed E-state index contributed by atoms with van der Waals surface area (Å²) >= 11 is 0. The third-order valence-corrected chi connectivity index (χ3v) is 2.95. The van der Waals surface area contributed by atoms with E-state index in [0.717, 1.165) is 0 Å². The van der Waals surface area contributed by atoms with Crippen molar-refractivity contribution in [1.29, 1.82) is 0 Å². The monoisotopic (exact) mass is 231 g/mol. The molecule has 1 aliphatic heterocycles. The molecule has 16 heavy (non-hydrogen) atoms. The molecule has 0 aromatic heterocycles. The van der Waals surface area contributed by atoms with Gasteiger partial charge in [0.05, 0.1) is 24.2 Å². The Hall–Kier alpha value is -0.650. The van der Waals surface area contributed by atoms with E-state index in [1.54, 1.807) is 0 Å². The van der Waals surface area contributed by atoms with Crippen LogP contribution in [0.2, 0.25) is 0 Å². The lowest BCUT2D eigenvalue weighted by Gasteiger charge is -2.26. The Kier molecular flexibility index (Phi) is 4.70. The average molecular weight is 231 g/mol. The normalized spacial score (nSPS) is 27.2. The Bertz CT molecular complexity index is 236. The van der Waals surface area contributed by atoms with Crippen LogP contribution in [0.5, 0.6) is 0 Å². The van der Waals surface area contributed by atoms with Crippen molar-refractivity contribution in [3.05, 3.63) is 0 Å². The van der Waals surface area contributed by atoms with Gasteiger partial charge in [-0.05, 0) is 33.2 Å². The van der Waals surface area contributed by atoms with Crippen molar-refractivity contribution in [2.45, 2.75) is 38.9 Å². The van der Waals surface area contributed by atoms with E-state index in [2.05, 4.69) is 5.32 Å². The number of aliphatic carboxylic acids is 1. The van der Waals surface area contributed by atoms with Gasteiger partial charge in [0.1, 0.15) is 0 Å². The van der Waals surface area contributed by atoms with Gasteiger partial charge in [0.25, 0.3) is 0 Å². The second-order valence-electron chi connectivity index (χ2n) is 4.75. The highest BCUT2D eigenvalue weighted by Crippen LogP contribution is 2.31. The molecule has 2 unspecified atom stereocenters. The Morgan fingerprint density at radius 3 is 2.69 bits per heavy atom. The summed E-state index contributed by atoms with van der Waals surface area (Å²) in [5.74, 6) is -0.832. The Labute approximate surface area is 95.8 Å². The number of carboxylic acid groups (broad SMARTS) is 1. The van der Waals surface area contributed by atoms with E-state index >= 15 is 0 Å². The lowest BCUT2D eigenvalue weighted by Crippen LogP contribution is -2.38. The average Bonchev–Trinajstić information content (AvgIpc) is 2.64. The molecule has 0 radical (unpaired) electrons. The summed E-state index contributed by atoms with van der Waals surface area (Å²) in [4.78, 5) is 11.2. The van der Waals surface area contributed by atoms with Gasteiger partial charge in [0.15, 0.2) is 0 Å². The smallest absolute Gasteiger partial charge is 0.311 e. The Balaban J connectivity index is 2.46. The predicted octanol–water partition coefficient (Wildman–Crippen LogP) is 0.227. The fraction of sp³-hybridized carbons (Fsp3) is 0.909. The lowest BCUT2D eigenvalue weighted by molar-refractivity contribution is -0.150. The van der Waals surface area contributed by atoms with Crippen molar-refractivity contribution in [2.75, 3.05) is 19.7 Å². The molecule has 5 nitrogen and oxygen atoms in total. The Morgan fingerprint density at radius 1 is 1.56 bits per heavy atom. The van der Waals surface area contributed by atoms with Crippen LogP contribution < -0.4 is 5.32 Å². The molecule has 0 bridgehead atoms. The van der Waals surface area contributed by atoms with Crippen LogP contribution in [0.3, 0.4) is 0 Å². The number of carbonyl (C=O) groups is 1. The van der Waals surface area contributed by atoms with Gasteiger partial charge >= 0.3 is 5.97 Å². The minimum atomic E-state index is -0.832. The molecule has 0 aromatic rings. The van der Waals surface area contributed by atoms with Crippen LogP contribution in [0.1, 0.15) is 26.7 Å². The molecule has 94 valence electrons. The zero-order valence-electron chi connectivity index (χ0n) is 9.90. The molecule has 0 aromatic carbocycles.